The van der Waals surface area contributed by atoms with E-state index < -0.39 is 53.5 Å². The third-order valence-electron chi connectivity index (χ3n) is 9.40. The molecule has 262 valence electrons. The van der Waals surface area contributed by atoms with Crippen molar-refractivity contribution in [2.75, 3.05) is 45.7 Å². The summed E-state index contributed by atoms with van der Waals surface area (Å²) in [5.74, 6) is -4.00. The van der Waals surface area contributed by atoms with Crippen LogP contribution in [0.25, 0.3) is 0 Å². The number of anilines is 1. The number of carbonyl (C=O) groups is 4. The maximum absolute atomic E-state index is 15.6. The lowest BCUT2D eigenvalue weighted by Gasteiger charge is -2.40. The molecule has 0 radical (unpaired) electrons. The Bertz CT molecular complexity index is 1520. The number of nitrogens with zero attached hydrogens (tertiary/aromatic N) is 4. The van der Waals surface area contributed by atoms with E-state index in [4.69, 9.17) is 4.74 Å². The van der Waals surface area contributed by atoms with Crippen LogP contribution in [0.3, 0.4) is 0 Å². The zero-order chi connectivity index (χ0) is 35.1. The van der Waals surface area contributed by atoms with Gasteiger partial charge in [-0.25, -0.2) is 4.39 Å². The van der Waals surface area contributed by atoms with Gasteiger partial charge in [0.05, 0.1) is 5.69 Å². The van der Waals surface area contributed by atoms with Crippen LogP contribution in [0.15, 0.2) is 42.1 Å². The lowest BCUT2D eigenvalue weighted by atomic mass is 9.81. The van der Waals surface area contributed by atoms with Crippen molar-refractivity contribution in [2.24, 2.45) is 13.0 Å². The summed E-state index contributed by atoms with van der Waals surface area (Å²) in [5.41, 5.74) is 0.457. The number of allylic oxidation sites excluding steroid dienone is 1. The van der Waals surface area contributed by atoms with E-state index in [2.05, 4.69) is 25.9 Å². The second-order valence-electron chi connectivity index (χ2n) is 12.6. The maximum Gasteiger partial charge on any atom is 0.270 e. The number of rotatable bonds is 11. The zero-order valence-electron chi connectivity index (χ0n) is 27.9. The van der Waals surface area contributed by atoms with Crippen LogP contribution in [-0.2, 0) is 26.2 Å². The number of hydrogen-bond donors (Lipinski definition) is 3. The van der Waals surface area contributed by atoms with Crippen molar-refractivity contribution in [3.05, 3.63) is 59.2 Å². The van der Waals surface area contributed by atoms with E-state index in [0.717, 1.165) is 0 Å². The molecule has 2 aromatic rings. The van der Waals surface area contributed by atoms with Crippen LogP contribution >= 0.6 is 0 Å². The van der Waals surface area contributed by atoms with Gasteiger partial charge in [-0.05, 0) is 74.9 Å². The second-order valence-corrected chi connectivity index (χ2v) is 12.6. The number of hydrogen-bond acceptors (Lipinski definition) is 7. The highest BCUT2D eigenvalue weighted by Gasteiger charge is 2.36. The number of methoxy groups -OCH3 is 1. The van der Waals surface area contributed by atoms with Crippen LogP contribution in [0.5, 0.6) is 0 Å². The number of benzene rings is 1. The summed E-state index contributed by atoms with van der Waals surface area (Å²) in [7, 11) is 4.91. The molecule has 0 bridgehead atoms. The molecule has 4 amide bonds. The molecule has 4 atom stereocenters. The number of halogens is 3. The molecule has 1 aromatic carbocycles. The highest BCUT2D eigenvalue weighted by Crippen LogP contribution is 2.34. The molecular formula is C33H44F3N7O5. The van der Waals surface area contributed by atoms with E-state index in [1.165, 1.54) is 36.2 Å². The maximum atomic E-state index is 15.6. The largest absolute Gasteiger partial charge is 0.375 e. The fraction of sp³-hybridized carbons (Fsp3) is 0.545. The summed E-state index contributed by atoms with van der Waals surface area (Å²) in [4.78, 5) is 56.7. The molecule has 15 heteroatoms. The first kappa shape index (κ1) is 36.6. The fourth-order valence-corrected chi connectivity index (χ4v) is 6.23. The summed E-state index contributed by atoms with van der Waals surface area (Å²) in [6.07, 6.45) is 0.304. The van der Waals surface area contributed by atoms with Crippen LogP contribution in [0.1, 0.15) is 61.5 Å². The molecular weight excluding hydrogens is 631 g/mol. The van der Waals surface area contributed by atoms with Crippen molar-refractivity contribution in [1.29, 1.82) is 0 Å². The first-order chi connectivity index (χ1) is 22.8. The number of ether oxygens (including phenoxy) is 1. The van der Waals surface area contributed by atoms with Crippen molar-refractivity contribution < 1.29 is 37.1 Å². The summed E-state index contributed by atoms with van der Waals surface area (Å²) in [5, 5.41) is 12.0. The lowest BCUT2D eigenvalue weighted by Crippen LogP contribution is -2.58. The second kappa shape index (κ2) is 16.2. The van der Waals surface area contributed by atoms with Crippen molar-refractivity contribution >= 4 is 29.3 Å². The minimum atomic E-state index is -1.73. The number of aromatic nitrogens is 2. The van der Waals surface area contributed by atoms with E-state index in [-0.39, 0.29) is 61.2 Å². The van der Waals surface area contributed by atoms with E-state index in [9.17, 15) is 28.0 Å². The Morgan fingerprint density at radius 3 is 2.35 bits per heavy atom. The van der Waals surface area contributed by atoms with Crippen LogP contribution in [0.2, 0.25) is 0 Å². The summed E-state index contributed by atoms with van der Waals surface area (Å²) >= 11 is 0. The molecule has 4 rings (SSSR count). The van der Waals surface area contributed by atoms with E-state index in [1.54, 1.807) is 24.9 Å². The Morgan fingerprint density at radius 2 is 1.77 bits per heavy atom. The molecule has 12 nitrogen and oxygen atoms in total. The average molecular weight is 676 g/mol. The van der Waals surface area contributed by atoms with Crippen LogP contribution in [-0.4, -0.2) is 102 Å². The minimum absolute atomic E-state index is 0.0245. The van der Waals surface area contributed by atoms with Gasteiger partial charge < -0.3 is 30.5 Å². The third kappa shape index (κ3) is 8.81. The van der Waals surface area contributed by atoms with E-state index >= 15 is 4.39 Å². The third-order valence-corrected chi connectivity index (χ3v) is 9.40. The SMILES string of the molecule is COCC(=O)N[C@@H](C(=O)N1CCN(C)[C@H](C)C1)[C@@H](C)c1ccc(NC(=O)C(NC(=O)c2ccnn2C)C2CCC(=C(F)F)CC2)c(F)c1. The zero-order valence-corrected chi connectivity index (χ0v) is 27.9. The summed E-state index contributed by atoms with van der Waals surface area (Å²) < 4.78 is 48.3. The fourth-order valence-electron chi connectivity index (χ4n) is 6.23. The Balaban J connectivity index is 1.54. The van der Waals surface area contributed by atoms with Gasteiger partial charge in [0.2, 0.25) is 17.7 Å². The molecule has 1 saturated heterocycles. The number of amides is 4. The van der Waals surface area contributed by atoms with Gasteiger partial charge in [-0.15, -0.1) is 0 Å². The van der Waals surface area contributed by atoms with Gasteiger partial charge >= 0.3 is 0 Å². The molecule has 1 saturated carbocycles. The first-order valence-corrected chi connectivity index (χ1v) is 16.0. The van der Waals surface area contributed by atoms with Crippen molar-refractivity contribution in [2.45, 2.75) is 63.6 Å². The average Bonchev–Trinajstić information content (AvgIpc) is 3.50. The smallest absolute Gasteiger partial charge is 0.270 e. The Hall–Kier alpha value is -4.24. The molecule has 1 unspecified atom stereocenters. The quantitative estimate of drug-likeness (QED) is 0.333. The van der Waals surface area contributed by atoms with Gasteiger partial charge in [0.25, 0.3) is 12.0 Å². The van der Waals surface area contributed by atoms with Crippen LogP contribution in [0, 0.1) is 11.7 Å². The molecule has 0 spiro atoms. The van der Waals surface area contributed by atoms with Crippen molar-refractivity contribution in [3.63, 3.8) is 0 Å². The van der Waals surface area contributed by atoms with Gasteiger partial charge in [0, 0.05) is 51.9 Å². The molecule has 2 aliphatic rings. The van der Waals surface area contributed by atoms with Crippen molar-refractivity contribution in [3.8, 4) is 0 Å². The number of carbonyl (C=O) groups excluding carboxylic acids is 4. The first-order valence-electron chi connectivity index (χ1n) is 16.0. The van der Waals surface area contributed by atoms with Gasteiger partial charge in [0.1, 0.15) is 30.2 Å². The molecule has 48 heavy (non-hydrogen) atoms. The molecule has 2 heterocycles. The highest BCUT2D eigenvalue weighted by molar-refractivity contribution is 6.00. The molecule has 1 aliphatic carbocycles. The molecule has 1 aliphatic heterocycles. The van der Waals surface area contributed by atoms with Crippen molar-refractivity contribution in [1.82, 2.24) is 30.2 Å². The standard InChI is InChI=1S/C33H44F3N7O5/c1-19-17-43(15-14-41(19)3)33(47)28(39-27(44)18-48-5)20(2)23-10-11-25(24(34)16-23)38-32(46)29(21-6-8-22(9-7-21)30(35)36)40-31(45)26-12-13-37-42(26)4/h10-13,16,19-21,28-29H,6-9,14-15,17-18H2,1-5H3,(H,38,46)(H,39,44)(H,40,45)/t19-,20+,28-,29?/m1/s1. The van der Waals surface area contributed by atoms with Gasteiger partial charge in [-0.3, -0.25) is 23.9 Å². The number of nitrogens with one attached hydrogen (secondary N) is 3. The highest BCUT2D eigenvalue weighted by atomic mass is 19.3. The Labute approximate surface area is 278 Å². The van der Waals surface area contributed by atoms with E-state index in [0.29, 0.717) is 25.2 Å². The minimum Gasteiger partial charge on any atom is -0.375 e. The van der Waals surface area contributed by atoms with Gasteiger partial charge in [-0.1, -0.05) is 13.0 Å². The van der Waals surface area contributed by atoms with E-state index in [1.807, 2.05) is 14.0 Å². The predicted octanol–water partition coefficient (Wildman–Crippen LogP) is 3.03. The molecule has 3 N–H and O–H groups in total. The molecule has 1 aromatic heterocycles. The molecule has 2 fully saturated rings. The summed E-state index contributed by atoms with van der Waals surface area (Å²) in [6.45, 7) is 5.07. The topological polar surface area (TPSA) is 138 Å². The summed E-state index contributed by atoms with van der Waals surface area (Å²) in [6, 6.07) is 3.56. The van der Waals surface area contributed by atoms with Crippen LogP contribution in [0.4, 0.5) is 18.9 Å². The van der Waals surface area contributed by atoms with Gasteiger partial charge in [-0.2, -0.15) is 13.9 Å². The van der Waals surface area contributed by atoms with Gasteiger partial charge in [0.15, 0.2) is 0 Å². The van der Waals surface area contributed by atoms with Crippen LogP contribution < -0.4 is 16.0 Å². The monoisotopic (exact) mass is 675 g/mol. The lowest BCUT2D eigenvalue weighted by molar-refractivity contribution is -0.140. The number of aryl methyl sites for hydroxylation is 1. The predicted molar refractivity (Wildman–Crippen MR) is 172 cm³/mol. The Morgan fingerprint density at radius 1 is 1.06 bits per heavy atom. The number of piperazine rings is 1. The number of likely N-dealkylation sites (N-methyl/N-ethyl adjacent to an activating group) is 1. The Kier molecular flexibility index (Phi) is 12.4. The normalized spacial score (nSPS) is 20.4.